The summed E-state index contributed by atoms with van der Waals surface area (Å²) in [4.78, 5) is 50.4. The lowest BCUT2D eigenvalue weighted by atomic mass is 10.1. The maximum atomic E-state index is 12.2. The molecule has 0 saturated carbocycles. The number of benzene rings is 2. The number of nitrogens with zero attached hydrogens (tertiary/aromatic N) is 2. The Morgan fingerprint density at radius 2 is 1.37 bits per heavy atom. The Labute approximate surface area is 257 Å². The molecule has 4 N–H and O–H groups in total. The number of likely N-dealkylation sites (N-methyl/N-ethyl adjacent to an activating group) is 1. The predicted molar refractivity (Wildman–Crippen MR) is 172 cm³/mol. The van der Waals surface area contributed by atoms with Crippen molar-refractivity contribution in [2.75, 3.05) is 50.6 Å². The Morgan fingerprint density at radius 1 is 0.837 bits per heavy atom. The van der Waals surface area contributed by atoms with Gasteiger partial charge in [-0.15, -0.1) is 0 Å². The van der Waals surface area contributed by atoms with Gasteiger partial charge in [-0.05, 0) is 57.1 Å². The van der Waals surface area contributed by atoms with Crippen molar-refractivity contribution in [2.24, 2.45) is 0 Å². The predicted octanol–water partition coefficient (Wildman–Crippen LogP) is 4.86. The van der Waals surface area contributed by atoms with Gasteiger partial charge in [-0.25, -0.2) is 9.59 Å². The number of ether oxygens (including phenoxy) is 1. The Kier molecular flexibility index (Phi) is 24.9. The van der Waals surface area contributed by atoms with Crippen LogP contribution < -0.4 is 15.5 Å². The molecule has 2 rings (SSSR count). The fourth-order valence-electron chi connectivity index (χ4n) is 3.19. The minimum absolute atomic E-state index is 0.0419. The minimum Gasteiger partial charge on any atom is -0.444 e. The van der Waals surface area contributed by atoms with Crippen molar-refractivity contribution in [3.63, 3.8) is 0 Å². The summed E-state index contributed by atoms with van der Waals surface area (Å²) in [5.41, 5.74) is 2.00. The molecule has 0 aliphatic rings. The van der Waals surface area contributed by atoms with E-state index in [1.807, 2.05) is 70.0 Å². The fraction of sp³-hybridized carbons (Fsp3) is 0.500. The molecular formula is C32H52N4O7. The number of anilines is 2. The monoisotopic (exact) mass is 604 g/mol. The first-order valence-corrected chi connectivity index (χ1v) is 14.6. The molecule has 0 aromatic heterocycles. The molecule has 242 valence electrons. The van der Waals surface area contributed by atoms with Crippen LogP contribution in [0.1, 0.15) is 59.9 Å². The highest BCUT2D eigenvalue weighted by Crippen LogP contribution is 2.14. The number of ketones is 2. The molecule has 1 unspecified atom stereocenters. The number of carbonyl (C=O) groups is 4. The summed E-state index contributed by atoms with van der Waals surface area (Å²) < 4.78 is 5.31. The minimum atomic E-state index is -0.718. The fourth-order valence-corrected chi connectivity index (χ4v) is 3.19. The van der Waals surface area contributed by atoms with Crippen LogP contribution in [0.3, 0.4) is 0 Å². The van der Waals surface area contributed by atoms with Gasteiger partial charge in [0.25, 0.3) is 0 Å². The Bertz CT molecular complexity index is 1030. The van der Waals surface area contributed by atoms with Crippen LogP contribution in [0, 0.1) is 0 Å². The highest BCUT2D eigenvalue weighted by Gasteiger charge is 2.17. The summed E-state index contributed by atoms with van der Waals surface area (Å²) >= 11 is 0. The van der Waals surface area contributed by atoms with Crippen molar-refractivity contribution in [1.82, 2.24) is 10.2 Å². The molecular weight excluding hydrogens is 552 g/mol. The first kappa shape index (κ1) is 41.3. The number of carbonyl (C=O) groups excluding carboxylic acids is 4. The molecule has 2 aromatic rings. The maximum Gasteiger partial charge on any atom is 0.414 e. The van der Waals surface area contributed by atoms with Crippen LogP contribution in [0.5, 0.6) is 0 Å². The van der Waals surface area contributed by atoms with Crippen LogP contribution >= 0.6 is 0 Å². The molecule has 43 heavy (non-hydrogen) atoms. The van der Waals surface area contributed by atoms with Gasteiger partial charge in [-0.2, -0.15) is 0 Å². The highest BCUT2D eigenvalue weighted by atomic mass is 16.6. The van der Waals surface area contributed by atoms with Gasteiger partial charge in [0.15, 0.2) is 5.78 Å². The number of para-hydroxylation sites is 1. The van der Waals surface area contributed by atoms with E-state index in [1.165, 1.54) is 18.7 Å². The molecule has 2 aromatic carbocycles. The molecule has 0 spiro atoms. The molecule has 0 fully saturated rings. The van der Waals surface area contributed by atoms with Crippen molar-refractivity contribution < 1.29 is 34.1 Å². The molecule has 0 heterocycles. The van der Waals surface area contributed by atoms with Crippen LogP contribution in [0.25, 0.3) is 0 Å². The number of Topliss-reactive ketones (excluding diaryl/α,β-unsaturated/α-hetero) is 2. The molecule has 0 bridgehead atoms. The first-order chi connectivity index (χ1) is 20.6. The number of hydrogen-bond acceptors (Lipinski definition) is 8. The lowest BCUT2D eigenvalue weighted by molar-refractivity contribution is -0.119. The van der Waals surface area contributed by atoms with Crippen molar-refractivity contribution in [1.29, 1.82) is 0 Å². The SMILES string of the molecule is CC.CC.CC(=O)CCC(NC(=O)Nc1ccc(COC(=O)N(C)c2ccccc2)cc1)C(C)=O.CN(CCO)CCO. The summed E-state index contributed by atoms with van der Waals surface area (Å²) in [5.74, 6) is -0.256. The second-order valence-electron chi connectivity index (χ2n) is 8.90. The summed E-state index contributed by atoms with van der Waals surface area (Å²) in [6, 6.07) is 14.7. The van der Waals surface area contributed by atoms with E-state index in [4.69, 9.17) is 14.9 Å². The molecule has 3 amide bonds. The van der Waals surface area contributed by atoms with Gasteiger partial charge < -0.3 is 35.3 Å². The Hall–Kier alpha value is -3.80. The topological polar surface area (TPSA) is 149 Å². The van der Waals surface area contributed by atoms with Crippen LogP contribution in [0.2, 0.25) is 0 Å². The average Bonchev–Trinajstić information content (AvgIpc) is 3.01. The molecule has 11 heteroatoms. The molecule has 0 aliphatic heterocycles. The summed E-state index contributed by atoms with van der Waals surface area (Å²) in [6.45, 7) is 12.5. The number of amides is 3. The summed E-state index contributed by atoms with van der Waals surface area (Å²) in [5, 5.41) is 21.9. The van der Waals surface area contributed by atoms with E-state index in [2.05, 4.69) is 10.6 Å². The number of urea groups is 1. The second-order valence-corrected chi connectivity index (χ2v) is 8.90. The van der Waals surface area contributed by atoms with E-state index < -0.39 is 18.2 Å². The van der Waals surface area contributed by atoms with Crippen molar-refractivity contribution in [2.45, 2.75) is 67.0 Å². The quantitative estimate of drug-likeness (QED) is 0.253. The summed E-state index contributed by atoms with van der Waals surface area (Å²) in [7, 11) is 3.49. The van der Waals surface area contributed by atoms with Gasteiger partial charge in [0.05, 0.1) is 19.3 Å². The zero-order valence-electron chi connectivity index (χ0n) is 27.1. The number of nitrogens with one attached hydrogen (secondary N) is 2. The van der Waals surface area contributed by atoms with E-state index in [0.29, 0.717) is 18.8 Å². The van der Waals surface area contributed by atoms with E-state index in [0.717, 1.165) is 11.3 Å². The average molecular weight is 605 g/mol. The van der Waals surface area contributed by atoms with Crippen molar-refractivity contribution in [3.05, 3.63) is 60.2 Å². The van der Waals surface area contributed by atoms with Gasteiger partial charge in [-0.3, -0.25) is 9.69 Å². The van der Waals surface area contributed by atoms with Crippen LogP contribution in [-0.2, 0) is 20.9 Å². The van der Waals surface area contributed by atoms with Gasteiger partial charge >= 0.3 is 12.1 Å². The Morgan fingerprint density at radius 3 is 1.84 bits per heavy atom. The number of aliphatic hydroxyl groups is 2. The molecule has 0 aliphatic carbocycles. The molecule has 11 nitrogen and oxygen atoms in total. The third-order valence-corrected chi connectivity index (χ3v) is 5.54. The van der Waals surface area contributed by atoms with Crippen LogP contribution in [0.15, 0.2) is 54.6 Å². The summed E-state index contributed by atoms with van der Waals surface area (Å²) in [6.07, 6.45) is 0.00522. The number of aliphatic hydroxyl groups excluding tert-OH is 2. The highest BCUT2D eigenvalue weighted by molar-refractivity contribution is 5.94. The van der Waals surface area contributed by atoms with Crippen molar-refractivity contribution in [3.8, 4) is 0 Å². The van der Waals surface area contributed by atoms with E-state index in [9.17, 15) is 19.2 Å². The number of rotatable bonds is 13. The van der Waals surface area contributed by atoms with Gasteiger partial charge in [0.2, 0.25) is 0 Å². The third-order valence-electron chi connectivity index (χ3n) is 5.54. The first-order valence-electron chi connectivity index (χ1n) is 14.6. The lowest BCUT2D eigenvalue weighted by Crippen LogP contribution is -2.42. The van der Waals surface area contributed by atoms with E-state index in [1.54, 1.807) is 31.3 Å². The standard InChI is InChI=1S/C23H27N3O5.C5H13NO2.2C2H6/c1-16(27)9-14-21(17(2)28)25-22(29)24-19-12-10-18(11-13-19)15-31-23(30)26(3)20-7-5-4-6-8-20;1-6(2-4-7)3-5-8;2*1-2/h4-8,10-13,21H,9,14-15H2,1-3H3,(H2,24,25,29);7-8H,2-5H2,1H3;2*1-2H3. The molecule has 1 atom stereocenters. The van der Waals surface area contributed by atoms with Crippen LogP contribution in [0.4, 0.5) is 21.0 Å². The van der Waals surface area contributed by atoms with E-state index in [-0.39, 0.29) is 44.2 Å². The zero-order chi connectivity index (χ0) is 33.2. The van der Waals surface area contributed by atoms with Crippen molar-refractivity contribution >= 4 is 35.1 Å². The number of hydrogen-bond donors (Lipinski definition) is 4. The Balaban J connectivity index is 0. The second kappa shape index (κ2) is 25.9. The maximum absolute atomic E-state index is 12.2. The molecule has 0 radical (unpaired) electrons. The van der Waals surface area contributed by atoms with Gasteiger partial charge in [0.1, 0.15) is 12.4 Å². The van der Waals surface area contributed by atoms with Crippen LogP contribution in [-0.4, -0.2) is 85.2 Å². The zero-order valence-corrected chi connectivity index (χ0v) is 27.1. The van der Waals surface area contributed by atoms with Gasteiger partial charge in [0, 0.05) is 37.9 Å². The lowest BCUT2D eigenvalue weighted by Gasteiger charge is -2.17. The molecule has 0 saturated heterocycles. The third kappa shape index (κ3) is 19.9. The largest absolute Gasteiger partial charge is 0.444 e. The van der Waals surface area contributed by atoms with Gasteiger partial charge in [-0.1, -0.05) is 58.0 Å². The smallest absolute Gasteiger partial charge is 0.414 e. The normalized spacial score (nSPS) is 10.3. The van der Waals surface area contributed by atoms with E-state index >= 15 is 0 Å².